The van der Waals surface area contributed by atoms with Gasteiger partial charge in [0.15, 0.2) is 5.78 Å². The Bertz CT molecular complexity index is 461. The maximum Gasteiger partial charge on any atom is 0.318 e. The van der Waals surface area contributed by atoms with Gasteiger partial charge in [-0.2, -0.15) is 0 Å². The van der Waals surface area contributed by atoms with Crippen molar-refractivity contribution in [3.8, 4) is 0 Å². The molecule has 2 heterocycles. The first-order valence-electron chi connectivity index (χ1n) is 7.58. The average Bonchev–Trinajstić information content (AvgIpc) is 2.69. The van der Waals surface area contributed by atoms with Crippen LogP contribution in [0.4, 0.5) is 0 Å². The number of esters is 1. The molecule has 20 heavy (non-hydrogen) atoms. The van der Waals surface area contributed by atoms with E-state index in [4.69, 9.17) is 4.74 Å². The van der Waals surface area contributed by atoms with Crippen molar-refractivity contribution >= 4 is 17.7 Å². The number of carbonyl (C=O) groups is 3. The van der Waals surface area contributed by atoms with Crippen LogP contribution in [0.5, 0.6) is 0 Å². The van der Waals surface area contributed by atoms with Crippen LogP contribution in [0.25, 0.3) is 0 Å². The molecule has 1 spiro atoms. The van der Waals surface area contributed by atoms with Gasteiger partial charge in [-0.1, -0.05) is 12.8 Å². The smallest absolute Gasteiger partial charge is 0.318 e. The van der Waals surface area contributed by atoms with E-state index < -0.39 is 11.9 Å². The average molecular weight is 279 g/mol. The Balaban J connectivity index is 1.86. The molecule has 5 heteroatoms. The predicted molar refractivity (Wildman–Crippen MR) is 70.8 cm³/mol. The highest BCUT2D eigenvalue weighted by Gasteiger charge is 2.58. The number of hydrogen-bond donors (Lipinski definition) is 0. The van der Waals surface area contributed by atoms with Crippen molar-refractivity contribution in [2.75, 3.05) is 13.2 Å². The molecular weight excluding hydrogens is 258 g/mol. The second kappa shape index (κ2) is 4.86. The topological polar surface area (TPSA) is 63.7 Å². The molecule has 5 nitrogen and oxygen atoms in total. The third kappa shape index (κ3) is 1.86. The van der Waals surface area contributed by atoms with E-state index in [1.807, 2.05) is 4.90 Å². The van der Waals surface area contributed by atoms with Crippen LogP contribution in [-0.4, -0.2) is 41.3 Å². The second-order valence-corrected chi connectivity index (χ2v) is 6.20. The Hall–Kier alpha value is -1.39. The van der Waals surface area contributed by atoms with Gasteiger partial charge in [0, 0.05) is 19.4 Å². The Morgan fingerprint density at radius 2 is 2.20 bits per heavy atom. The lowest BCUT2D eigenvalue weighted by Crippen LogP contribution is -2.59. The summed E-state index contributed by atoms with van der Waals surface area (Å²) in [6.07, 6.45) is 5.03. The summed E-state index contributed by atoms with van der Waals surface area (Å²) < 4.78 is 4.97. The zero-order valence-corrected chi connectivity index (χ0v) is 11.9. The first-order valence-corrected chi connectivity index (χ1v) is 7.58. The van der Waals surface area contributed by atoms with E-state index in [2.05, 4.69) is 0 Å². The van der Waals surface area contributed by atoms with Gasteiger partial charge in [0.1, 0.15) is 5.92 Å². The Morgan fingerprint density at radius 3 is 2.95 bits per heavy atom. The van der Waals surface area contributed by atoms with Gasteiger partial charge in [0.05, 0.1) is 12.1 Å². The highest BCUT2D eigenvalue weighted by Crippen LogP contribution is 2.50. The van der Waals surface area contributed by atoms with E-state index in [0.717, 1.165) is 25.7 Å². The second-order valence-electron chi connectivity index (χ2n) is 6.20. The molecule has 1 amide bonds. The number of ketones is 1. The lowest BCUT2D eigenvalue weighted by molar-refractivity contribution is -0.159. The van der Waals surface area contributed by atoms with Crippen LogP contribution >= 0.6 is 0 Å². The molecule has 0 bridgehead atoms. The minimum Gasteiger partial charge on any atom is -0.465 e. The van der Waals surface area contributed by atoms with Crippen molar-refractivity contribution in [1.29, 1.82) is 0 Å². The lowest BCUT2D eigenvalue weighted by Gasteiger charge is -2.48. The molecule has 0 radical (unpaired) electrons. The number of hydrogen-bond acceptors (Lipinski definition) is 4. The molecule has 110 valence electrons. The zero-order chi connectivity index (χ0) is 14.3. The molecule has 2 saturated heterocycles. The van der Waals surface area contributed by atoms with Crippen molar-refractivity contribution in [2.24, 2.45) is 11.8 Å². The number of nitrogens with zero attached hydrogens (tertiary/aromatic N) is 1. The molecule has 2 aliphatic heterocycles. The number of Topliss-reactive ketones (excluding diaryl/α,β-unsaturated/α-hetero) is 1. The maximum absolute atomic E-state index is 12.4. The van der Waals surface area contributed by atoms with Crippen LogP contribution in [0.3, 0.4) is 0 Å². The lowest BCUT2D eigenvalue weighted by atomic mass is 9.68. The van der Waals surface area contributed by atoms with Gasteiger partial charge >= 0.3 is 5.97 Å². The molecule has 3 fully saturated rings. The van der Waals surface area contributed by atoms with Crippen molar-refractivity contribution < 1.29 is 19.1 Å². The van der Waals surface area contributed by atoms with E-state index in [-0.39, 0.29) is 30.4 Å². The van der Waals surface area contributed by atoms with Gasteiger partial charge in [-0.15, -0.1) is 0 Å². The van der Waals surface area contributed by atoms with Gasteiger partial charge in [0.2, 0.25) is 5.91 Å². The molecule has 0 N–H and O–H groups in total. The summed E-state index contributed by atoms with van der Waals surface area (Å²) in [5.41, 5.74) is -0.282. The van der Waals surface area contributed by atoms with E-state index in [1.54, 1.807) is 6.92 Å². The Kier molecular flexibility index (Phi) is 3.30. The summed E-state index contributed by atoms with van der Waals surface area (Å²) in [7, 11) is 0. The normalized spacial score (nSPS) is 36.5. The van der Waals surface area contributed by atoms with Crippen molar-refractivity contribution in [1.82, 2.24) is 4.90 Å². The van der Waals surface area contributed by atoms with Crippen LogP contribution < -0.4 is 0 Å². The summed E-state index contributed by atoms with van der Waals surface area (Å²) in [4.78, 5) is 38.3. The van der Waals surface area contributed by atoms with E-state index in [0.29, 0.717) is 18.8 Å². The van der Waals surface area contributed by atoms with Gasteiger partial charge in [0.25, 0.3) is 0 Å². The summed E-state index contributed by atoms with van der Waals surface area (Å²) in [6, 6.07) is 0. The number of carbonyl (C=O) groups excluding carboxylic acids is 3. The molecule has 1 aliphatic carbocycles. The number of piperidine rings is 1. The van der Waals surface area contributed by atoms with Crippen LogP contribution in [0.15, 0.2) is 0 Å². The minimum absolute atomic E-state index is 0.0405. The molecular formula is C15H21NO4. The number of rotatable bonds is 2. The molecule has 1 saturated carbocycles. The van der Waals surface area contributed by atoms with Crippen LogP contribution in [0, 0.1) is 11.8 Å². The molecule has 0 aromatic rings. The first kappa shape index (κ1) is 13.6. The summed E-state index contributed by atoms with van der Waals surface area (Å²) in [5, 5.41) is 0. The minimum atomic E-state index is -0.773. The summed E-state index contributed by atoms with van der Waals surface area (Å²) in [6.45, 7) is 2.22. The third-order valence-corrected chi connectivity index (χ3v) is 5.24. The van der Waals surface area contributed by atoms with E-state index in [9.17, 15) is 14.4 Å². The molecule has 2 unspecified atom stereocenters. The Labute approximate surface area is 118 Å². The van der Waals surface area contributed by atoms with Crippen molar-refractivity contribution in [3.05, 3.63) is 0 Å². The molecule has 3 aliphatic rings. The van der Waals surface area contributed by atoms with E-state index in [1.165, 1.54) is 0 Å². The van der Waals surface area contributed by atoms with Gasteiger partial charge in [-0.05, 0) is 25.7 Å². The molecule has 0 aromatic carbocycles. The van der Waals surface area contributed by atoms with Crippen molar-refractivity contribution in [3.63, 3.8) is 0 Å². The maximum atomic E-state index is 12.4. The van der Waals surface area contributed by atoms with Gasteiger partial charge < -0.3 is 9.64 Å². The van der Waals surface area contributed by atoms with Crippen molar-refractivity contribution in [2.45, 2.75) is 51.0 Å². The predicted octanol–water partition coefficient (Wildman–Crippen LogP) is 1.30. The quantitative estimate of drug-likeness (QED) is 0.564. The zero-order valence-electron chi connectivity index (χ0n) is 11.9. The monoisotopic (exact) mass is 279 g/mol. The summed E-state index contributed by atoms with van der Waals surface area (Å²) in [5.74, 6) is -0.875. The van der Waals surface area contributed by atoms with Gasteiger partial charge in [-0.3, -0.25) is 14.4 Å². The fourth-order valence-electron chi connectivity index (χ4n) is 4.28. The number of ether oxygens (including phenoxy) is 1. The van der Waals surface area contributed by atoms with Crippen LogP contribution in [0.1, 0.15) is 45.4 Å². The van der Waals surface area contributed by atoms with Crippen LogP contribution in [-0.2, 0) is 19.1 Å². The standard InChI is InChI=1S/C15H21NO4/c1-2-20-14(19)11-9-16-13(18)7-10-5-3-4-6-15(10,16)8-12(11)17/h10-11H,2-9H2,1H3/t10-,11?,15?/m0/s1. The molecule has 3 rings (SSSR count). The largest absolute Gasteiger partial charge is 0.465 e. The third-order valence-electron chi connectivity index (χ3n) is 5.24. The first-order chi connectivity index (χ1) is 9.58. The highest BCUT2D eigenvalue weighted by atomic mass is 16.5. The molecule has 3 atom stereocenters. The van der Waals surface area contributed by atoms with E-state index >= 15 is 0 Å². The fraction of sp³-hybridized carbons (Fsp3) is 0.800. The highest BCUT2D eigenvalue weighted by molar-refractivity contribution is 6.02. The fourth-order valence-corrected chi connectivity index (χ4v) is 4.28. The molecule has 0 aromatic heterocycles. The number of amides is 1. The SMILES string of the molecule is CCOC(=O)C1CN2C(=O)C[C@@H]3CCCCC32CC1=O. The summed E-state index contributed by atoms with van der Waals surface area (Å²) >= 11 is 0. The van der Waals surface area contributed by atoms with Crippen LogP contribution in [0.2, 0.25) is 0 Å². The van der Waals surface area contributed by atoms with Gasteiger partial charge in [-0.25, -0.2) is 0 Å². The Morgan fingerprint density at radius 1 is 1.40 bits per heavy atom.